The average molecular weight is 250 g/mol. The number of carbonyl (C=O) groups excluding carboxylic acids is 3. The maximum absolute atomic E-state index is 12.0. The molecule has 0 aromatic carbocycles. The van der Waals surface area contributed by atoms with Gasteiger partial charge in [-0.2, -0.15) is 0 Å². The first-order valence-electron chi connectivity index (χ1n) is 5.67. The van der Waals surface area contributed by atoms with Crippen LogP contribution in [0.1, 0.15) is 13.3 Å². The van der Waals surface area contributed by atoms with Gasteiger partial charge < -0.3 is 9.47 Å². The molecule has 2 heterocycles. The van der Waals surface area contributed by atoms with E-state index in [0.29, 0.717) is 6.54 Å². The summed E-state index contributed by atoms with van der Waals surface area (Å²) >= 11 is 0. The van der Waals surface area contributed by atoms with E-state index < -0.39 is 17.9 Å². The van der Waals surface area contributed by atoms with Crippen molar-refractivity contribution < 1.29 is 14.4 Å². The molecule has 1 saturated heterocycles. The predicted molar refractivity (Wildman–Crippen MR) is 61.2 cm³/mol. The number of piperazine rings is 1. The van der Waals surface area contributed by atoms with E-state index in [1.165, 1.54) is 4.90 Å². The number of aryl methyl sites for hydroxylation is 1. The van der Waals surface area contributed by atoms with Crippen molar-refractivity contribution in [1.29, 1.82) is 0 Å². The van der Waals surface area contributed by atoms with E-state index in [1.54, 1.807) is 30.2 Å². The summed E-state index contributed by atoms with van der Waals surface area (Å²) in [5.41, 5.74) is 0. The summed E-state index contributed by atoms with van der Waals surface area (Å²) in [5, 5.41) is 2.20. The monoisotopic (exact) mass is 250 g/mol. The topological polar surface area (TPSA) is 84.3 Å². The first kappa shape index (κ1) is 12.3. The first-order valence-corrected chi connectivity index (χ1v) is 5.67. The van der Waals surface area contributed by atoms with Gasteiger partial charge in [-0.25, -0.2) is 4.98 Å². The van der Waals surface area contributed by atoms with Crippen molar-refractivity contribution in [1.82, 2.24) is 19.8 Å². The summed E-state index contributed by atoms with van der Waals surface area (Å²) < 4.78 is 1.77. The van der Waals surface area contributed by atoms with Crippen molar-refractivity contribution in [3.63, 3.8) is 0 Å². The lowest BCUT2D eigenvalue weighted by Gasteiger charge is -2.31. The highest BCUT2D eigenvalue weighted by atomic mass is 16.2. The molecule has 1 aromatic heterocycles. The lowest BCUT2D eigenvalue weighted by atomic mass is 10.2. The lowest BCUT2D eigenvalue weighted by molar-refractivity contribution is -0.149. The van der Waals surface area contributed by atoms with Crippen molar-refractivity contribution in [2.24, 2.45) is 0 Å². The average Bonchev–Trinajstić information content (AvgIpc) is 2.83. The minimum absolute atomic E-state index is 0.0599. The molecule has 1 atom stereocenters. The third-order valence-electron chi connectivity index (χ3n) is 2.89. The second-order valence-electron chi connectivity index (χ2n) is 4.16. The Morgan fingerprint density at radius 1 is 1.56 bits per heavy atom. The molecular weight excluding hydrogens is 236 g/mol. The molecule has 0 aliphatic carbocycles. The number of nitrogens with zero attached hydrogens (tertiary/aromatic N) is 3. The number of imidazole rings is 1. The van der Waals surface area contributed by atoms with Crippen LogP contribution in [-0.2, 0) is 20.9 Å². The van der Waals surface area contributed by atoms with Gasteiger partial charge in [0.05, 0.1) is 6.33 Å². The zero-order valence-electron chi connectivity index (χ0n) is 10.00. The van der Waals surface area contributed by atoms with Gasteiger partial charge in [-0.1, -0.05) is 0 Å². The summed E-state index contributed by atoms with van der Waals surface area (Å²) in [5.74, 6) is -1.07. The van der Waals surface area contributed by atoms with Crippen LogP contribution in [0.3, 0.4) is 0 Å². The van der Waals surface area contributed by atoms with E-state index in [0.717, 1.165) is 0 Å². The number of amides is 3. The van der Waals surface area contributed by atoms with Crippen LogP contribution < -0.4 is 5.32 Å². The van der Waals surface area contributed by atoms with Crippen LogP contribution in [0.25, 0.3) is 0 Å². The minimum Gasteiger partial charge on any atom is -0.337 e. The number of nitrogens with one attached hydrogen (secondary N) is 1. The quantitative estimate of drug-likeness (QED) is 0.708. The molecule has 7 nitrogen and oxygen atoms in total. The van der Waals surface area contributed by atoms with E-state index in [1.807, 2.05) is 0 Å². The van der Waals surface area contributed by atoms with Crippen molar-refractivity contribution in [3.05, 3.63) is 18.7 Å². The molecule has 1 aliphatic rings. The van der Waals surface area contributed by atoms with Crippen LogP contribution in [0.4, 0.5) is 0 Å². The van der Waals surface area contributed by atoms with Crippen LogP contribution in [0, 0.1) is 0 Å². The fourth-order valence-corrected chi connectivity index (χ4v) is 1.81. The first-order chi connectivity index (χ1) is 8.58. The Balaban J connectivity index is 1.95. The summed E-state index contributed by atoms with van der Waals surface area (Å²) in [6, 6.07) is -0.599. The van der Waals surface area contributed by atoms with Crippen LogP contribution in [0.5, 0.6) is 0 Å². The van der Waals surface area contributed by atoms with Gasteiger partial charge in [-0.15, -0.1) is 0 Å². The number of hydrogen-bond donors (Lipinski definition) is 1. The Morgan fingerprint density at radius 3 is 3.00 bits per heavy atom. The van der Waals surface area contributed by atoms with Gasteiger partial charge in [0.15, 0.2) is 0 Å². The van der Waals surface area contributed by atoms with E-state index >= 15 is 0 Å². The van der Waals surface area contributed by atoms with Crippen LogP contribution >= 0.6 is 0 Å². The van der Waals surface area contributed by atoms with E-state index in [4.69, 9.17) is 0 Å². The van der Waals surface area contributed by atoms with E-state index in [-0.39, 0.29) is 18.9 Å². The van der Waals surface area contributed by atoms with Crippen molar-refractivity contribution in [2.75, 3.05) is 6.54 Å². The van der Waals surface area contributed by atoms with Crippen molar-refractivity contribution in [3.8, 4) is 0 Å². The fourth-order valence-electron chi connectivity index (χ4n) is 1.81. The molecule has 0 radical (unpaired) electrons. The highest BCUT2D eigenvalue weighted by molar-refractivity contribution is 6.04. The Bertz CT molecular complexity index is 469. The Morgan fingerprint density at radius 2 is 2.33 bits per heavy atom. The molecular formula is C11H14N4O3. The molecule has 18 heavy (non-hydrogen) atoms. The van der Waals surface area contributed by atoms with Gasteiger partial charge in [0, 0.05) is 25.4 Å². The highest BCUT2D eigenvalue weighted by Crippen LogP contribution is 2.07. The highest BCUT2D eigenvalue weighted by Gasteiger charge is 2.32. The molecule has 96 valence electrons. The van der Waals surface area contributed by atoms with Crippen LogP contribution in [-0.4, -0.2) is 44.8 Å². The van der Waals surface area contributed by atoms with Crippen LogP contribution in [0.2, 0.25) is 0 Å². The Labute approximate surface area is 104 Å². The molecule has 0 saturated carbocycles. The van der Waals surface area contributed by atoms with E-state index in [2.05, 4.69) is 10.3 Å². The molecule has 2 rings (SSSR count). The number of carbonyl (C=O) groups is 3. The lowest BCUT2D eigenvalue weighted by Crippen LogP contribution is -2.58. The molecule has 3 amide bonds. The Hall–Kier alpha value is -2.18. The van der Waals surface area contributed by atoms with Gasteiger partial charge in [0.1, 0.15) is 12.6 Å². The molecule has 0 spiro atoms. The number of aromatic nitrogens is 2. The second kappa shape index (κ2) is 4.99. The zero-order valence-corrected chi connectivity index (χ0v) is 10.00. The molecule has 1 N–H and O–H groups in total. The molecule has 1 fully saturated rings. The third kappa shape index (κ3) is 2.55. The maximum Gasteiger partial charge on any atom is 0.249 e. The zero-order chi connectivity index (χ0) is 13.1. The summed E-state index contributed by atoms with van der Waals surface area (Å²) in [4.78, 5) is 39.8. The molecule has 7 heteroatoms. The van der Waals surface area contributed by atoms with Gasteiger partial charge >= 0.3 is 0 Å². The smallest absolute Gasteiger partial charge is 0.249 e. The third-order valence-corrected chi connectivity index (χ3v) is 2.89. The van der Waals surface area contributed by atoms with Gasteiger partial charge in [0.25, 0.3) is 0 Å². The van der Waals surface area contributed by atoms with Gasteiger partial charge in [-0.3, -0.25) is 19.7 Å². The maximum atomic E-state index is 12.0. The molecule has 1 aromatic rings. The standard InChI is InChI=1S/C11H14N4O3/c1-8-11(18)13-9(16)6-15(8)10(17)2-4-14-5-3-12-7-14/h3,5,7-8H,2,4,6H2,1H3,(H,13,16,18). The van der Waals surface area contributed by atoms with Gasteiger partial charge in [0.2, 0.25) is 17.7 Å². The SMILES string of the molecule is CC1C(=O)NC(=O)CN1C(=O)CCn1ccnc1. The normalized spacial score (nSPS) is 19.8. The van der Waals surface area contributed by atoms with Crippen molar-refractivity contribution in [2.45, 2.75) is 25.9 Å². The summed E-state index contributed by atoms with van der Waals surface area (Å²) in [6.07, 6.45) is 5.24. The van der Waals surface area contributed by atoms with Gasteiger partial charge in [-0.05, 0) is 6.92 Å². The number of hydrogen-bond acceptors (Lipinski definition) is 4. The van der Waals surface area contributed by atoms with Crippen LogP contribution in [0.15, 0.2) is 18.7 Å². The molecule has 0 bridgehead atoms. The number of imide groups is 1. The fraction of sp³-hybridized carbons (Fsp3) is 0.455. The molecule has 1 unspecified atom stereocenters. The van der Waals surface area contributed by atoms with Crippen molar-refractivity contribution >= 4 is 17.7 Å². The predicted octanol–water partition coefficient (Wildman–Crippen LogP) is -0.853. The number of rotatable bonds is 3. The molecule has 1 aliphatic heterocycles. The summed E-state index contributed by atoms with van der Waals surface area (Å²) in [6.45, 7) is 2.03. The summed E-state index contributed by atoms with van der Waals surface area (Å²) in [7, 11) is 0. The minimum atomic E-state index is -0.599. The second-order valence-corrected chi connectivity index (χ2v) is 4.16. The largest absolute Gasteiger partial charge is 0.337 e. The Kier molecular flexibility index (Phi) is 3.40. The van der Waals surface area contributed by atoms with E-state index in [9.17, 15) is 14.4 Å².